The van der Waals surface area contributed by atoms with Gasteiger partial charge in [0.15, 0.2) is 0 Å². The Morgan fingerprint density at radius 3 is 2.89 bits per heavy atom. The van der Waals surface area contributed by atoms with E-state index in [2.05, 4.69) is 5.32 Å². The number of nitrogens with one attached hydrogen (secondary N) is 1. The Morgan fingerprint density at radius 2 is 2.16 bits per heavy atom. The second kappa shape index (κ2) is 5.35. The number of carbonyl (C=O) groups excluding carboxylic acids is 1. The van der Waals surface area contributed by atoms with Gasteiger partial charge in [-0.2, -0.15) is 0 Å². The molecule has 19 heavy (non-hydrogen) atoms. The second-order valence-electron chi connectivity index (χ2n) is 4.77. The molecule has 1 fully saturated rings. The Balaban J connectivity index is 1.57. The van der Waals surface area contributed by atoms with Crippen LogP contribution in [0.25, 0.3) is 0 Å². The van der Waals surface area contributed by atoms with Crippen LogP contribution in [-0.4, -0.2) is 5.91 Å². The third-order valence-electron chi connectivity index (χ3n) is 3.45. The molecule has 1 heterocycles. The molecule has 1 aromatic carbocycles. The molecule has 2 unspecified atom stereocenters. The fourth-order valence-electron chi connectivity index (χ4n) is 2.32. The summed E-state index contributed by atoms with van der Waals surface area (Å²) in [5.41, 5.74) is 1.10. The average molecular weight is 292 g/mol. The SMILES string of the molecule is O=C(NCc1cccs1)C1CC1c1ccccc1Cl. The molecule has 0 aliphatic heterocycles. The van der Waals surface area contributed by atoms with Crippen LogP contribution in [-0.2, 0) is 11.3 Å². The van der Waals surface area contributed by atoms with Gasteiger partial charge in [0.2, 0.25) is 5.91 Å². The molecule has 0 radical (unpaired) electrons. The summed E-state index contributed by atoms with van der Waals surface area (Å²) in [5, 5.41) is 5.78. The number of halogens is 1. The van der Waals surface area contributed by atoms with E-state index in [1.54, 1.807) is 11.3 Å². The molecule has 0 bridgehead atoms. The summed E-state index contributed by atoms with van der Waals surface area (Å²) in [7, 11) is 0. The number of hydrogen-bond donors (Lipinski definition) is 1. The van der Waals surface area contributed by atoms with Gasteiger partial charge >= 0.3 is 0 Å². The van der Waals surface area contributed by atoms with Crippen LogP contribution in [0.3, 0.4) is 0 Å². The minimum atomic E-state index is 0.0832. The molecule has 1 N–H and O–H groups in total. The van der Waals surface area contributed by atoms with Gasteiger partial charge in [-0.1, -0.05) is 35.9 Å². The first kappa shape index (κ1) is 12.7. The predicted octanol–water partition coefficient (Wildman–Crippen LogP) is 3.82. The van der Waals surface area contributed by atoms with Crippen molar-refractivity contribution in [3.8, 4) is 0 Å². The van der Waals surface area contributed by atoms with E-state index >= 15 is 0 Å². The van der Waals surface area contributed by atoms with Gasteiger partial charge in [-0.05, 0) is 35.4 Å². The van der Waals surface area contributed by atoms with Crippen LogP contribution in [0, 0.1) is 5.92 Å². The number of rotatable bonds is 4. The maximum Gasteiger partial charge on any atom is 0.224 e. The Bertz CT molecular complexity index is 582. The van der Waals surface area contributed by atoms with E-state index in [1.807, 2.05) is 41.8 Å². The van der Waals surface area contributed by atoms with Gasteiger partial charge in [0.1, 0.15) is 0 Å². The van der Waals surface area contributed by atoms with Crippen LogP contribution < -0.4 is 5.32 Å². The van der Waals surface area contributed by atoms with Crippen LogP contribution in [0.2, 0.25) is 5.02 Å². The van der Waals surface area contributed by atoms with Gasteiger partial charge < -0.3 is 5.32 Å². The molecule has 1 saturated carbocycles. The van der Waals surface area contributed by atoms with Crippen molar-refractivity contribution in [1.82, 2.24) is 5.32 Å². The maximum absolute atomic E-state index is 12.0. The quantitative estimate of drug-likeness (QED) is 0.911. The lowest BCUT2D eigenvalue weighted by Crippen LogP contribution is -2.24. The molecule has 2 aromatic rings. The Kier molecular flexibility index (Phi) is 3.58. The average Bonchev–Trinajstić information content (AvgIpc) is 3.04. The van der Waals surface area contributed by atoms with Gasteiger partial charge in [-0.3, -0.25) is 4.79 Å². The van der Waals surface area contributed by atoms with Gasteiger partial charge in [0, 0.05) is 15.8 Å². The Morgan fingerprint density at radius 1 is 1.32 bits per heavy atom. The van der Waals surface area contributed by atoms with Crippen molar-refractivity contribution in [3.05, 3.63) is 57.2 Å². The van der Waals surface area contributed by atoms with E-state index in [-0.39, 0.29) is 17.7 Å². The first-order valence-electron chi connectivity index (χ1n) is 6.30. The third kappa shape index (κ3) is 2.82. The van der Waals surface area contributed by atoms with Gasteiger partial charge in [-0.15, -0.1) is 11.3 Å². The molecule has 1 aliphatic rings. The number of thiophene rings is 1. The van der Waals surface area contributed by atoms with Crippen LogP contribution in [0.5, 0.6) is 0 Å². The molecule has 1 aromatic heterocycles. The van der Waals surface area contributed by atoms with E-state index in [0.29, 0.717) is 6.54 Å². The van der Waals surface area contributed by atoms with Crippen LogP contribution in [0.1, 0.15) is 22.8 Å². The topological polar surface area (TPSA) is 29.1 Å². The highest BCUT2D eigenvalue weighted by Crippen LogP contribution is 2.49. The van der Waals surface area contributed by atoms with E-state index in [4.69, 9.17) is 11.6 Å². The normalized spacial score (nSPS) is 21.1. The Hall–Kier alpha value is -1.32. The lowest BCUT2D eigenvalue weighted by atomic mass is 10.1. The second-order valence-corrected chi connectivity index (χ2v) is 6.21. The highest BCUT2D eigenvalue weighted by Gasteiger charge is 2.44. The molecule has 98 valence electrons. The summed E-state index contributed by atoms with van der Waals surface area (Å²) < 4.78 is 0. The van der Waals surface area contributed by atoms with E-state index in [1.165, 1.54) is 4.88 Å². The zero-order chi connectivity index (χ0) is 13.2. The maximum atomic E-state index is 12.0. The van der Waals surface area contributed by atoms with Crippen LogP contribution in [0.15, 0.2) is 41.8 Å². The number of benzene rings is 1. The lowest BCUT2D eigenvalue weighted by Gasteiger charge is -2.04. The van der Waals surface area contributed by atoms with Crippen molar-refractivity contribution < 1.29 is 4.79 Å². The van der Waals surface area contributed by atoms with Gasteiger partial charge in [-0.25, -0.2) is 0 Å². The number of hydrogen-bond acceptors (Lipinski definition) is 2. The minimum absolute atomic E-state index is 0.0832. The molecule has 0 spiro atoms. The fraction of sp³-hybridized carbons (Fsp3) is 0.267. The summed E-state index contributed by atoms with van der Waals surface area (Å²) in [6.07, 6.45) is 0.903. The molecule has 2 nitrogen and oxygen atoms in total. The molecule has 1 amide bonds. The summed E-state index contributed by atoms with van der Waals surface area (Å²) in [4.78, 5) is 13.2. The van der Waals surface area contributed by atoms with Gasteiger partial charge in [0.25, 0.3) is 0 Å². The van der Waals surface area contributed by atoms with E-state index in [0.717, 1.165) is 17.0 Å². The standard InChI is InChI=1S/C15H14ClNOS/c16-14-6-2-1-5-11(14)12-8-13(12)15(18)17-9-10-4-3-7-19-10/h1-7,12-13H,8-9H2,(H,17,18). The molecule has 4 heteroatoms. The van der Waals surface area contributed by atoms with E-state index < -0.39 is 0 Å². The molecule has 1 aliphatic carbocycles. The first-order chi connectivity index (χ1) is 9.25. The Labute approximate surface area is 121 Å². The molecule has 2 atom stereocenters. The van der Waals surface area contributed by atoms with Crippen molar-refractivity contribution in [2.24, 2.45) is 5.92 Å². The van der Waals surface area contributed by atoms with Crippen molar-refractivity contribution in [2.75, 3.05) is 0 Å². The summed E-state index contributed by atoms with van der Waals surface area (Å²) in [6.45, 7) is 0.627. The predicted molar refractivity (Wildman–Crippen MR) is 78.5 cm³/mol. The molecule has 3 rings (SSSR count). The summed E-state index contributed by atoms with van der Waals surface area (Å²) in [5.74, 6) is 0.509. The lowest BCUT2D eigenvalue weighted by molar-refractivity contribution is -0.122. The minimum Gasteiger partial charge on any atom is -0.351 e. The van der Waals surface area contributed by atoms with Crippen LogP contribution in [0.4, 0.5) is 0 Å². The van der Waals surface area contributed by atoms with Crippen molar-refractivity contribution in [2.45, 2.75) is 18.9 Å². The zero-order valence-electron chi connectivity index (χ0n) is 10.3. The third-order valence-corrected chi connectivity index (χ3v) is 4.67. The smallest absolute Gasteiger partial charge is 0.224 e. The highest BCUT2D eigenvalue weighted by atomic mass is 35.5. The van der Waals surface area contributed by atoms with Gasteiger partial charge in [0.05, 0.1) is 6.54 Å². The largest absolute Gasteiger partial charge is 0.351 e. The van der Waals surface area contributed by atoms with E-state index in [9.17, 15) is 4.79 Å². The van der Waals surface area contributed by atoms with Crippen molar-refractivity contribution in [3.63, 3.8) is 0 Å². The highest BCUT2D eigenvalue weighted by molar-refractivity contribution is 7.09. The zero-order valence-corrected chi connectivity index (χ0v) is 11.9. The van der Waals surface area contributed by atoms with Crippen molar-refractivity contribution >= 4 is 28.8 Å². The summed E-state index contributed by atoms with van der Waals surface area (Å²) >= 11 is 7.82. The van der Waals surface area contributed by atoms with Crippen LogP contribution >= 0.6 is 22.9 Å². The van der Waals surface area contributed by atoms with Crippen molar-refractivity contribution in [1.29, 1.82) is 0 Å². The number of carbonyl (C=O) groups is 1. The summed E-state index contributed by atoms with van der Waals surface area (Å²) in [6, 6.07) is 11.8. The monoisotopic (exact) mass is 291 g/mol. The first-order valence-corrected chi connectivity index (χ1v) is 7.56. The number of amides is 1. The molecular formula is C15H14ClNOS. The fourth-order valence-corrected chi connectivity index (χ4v) is 3.24. The molecule has 0 saturated heterocycles. The molecular weight excluding hydrogens is 278 g/mol.